The summed E-state index contributed by atoms with van der Waals surface area (Å²) >= 11 is 0. The van der Waals surface area contributed by atoms with E-state index in [2.05, 4.69) is 5.32 Å². The maximum absolute atomic E-state index is 11.7. The highest BCUT2D eigenvalue weighted by atomic mass is 32.2. The lowest BCUT2D eigenvalue weighted by Gasteiger charge is -2.36. The quantitative estimate of drug-likeness (QED) is 0.855. The first-order chi connectivity index (χ1) is 8.52. The highest BCUT2D eigenvalue weighted by Gasteiger charge is 2.36. The number of nitrogens with one attached hydrogen (secondary N) is 1. The molecular formula is C14H27NO2S. The van der Waals surface area contributed by atoms with Crippen molar-refractivity contribution < 1.29 is 8.42 Å². The number of rotatable bonds is 4. The lowest BCUT2D eigenvalue weighted by molar-refractivity contribution is 0.218. The lowest BCUT2D eigenvalue weighted by atomic mass is 9.78. The lowest BCUT2D eigenvalue weighted by Crippen LogP contribution is -2.43. The van der Waals surface area contributed by atoms with Crippen LogP contribution in [0.2, 0.25) is 0 Å². The Kier molecular flexibility index (Phi) is 4.70. The van der Waals surface area contributed by atoms with Gasteiger partial charge in [0.15, 0.2) is 0 Å². The first-order valence-electron chi connectivity index (χ1n) is 7.38. The Labute approximate surface area is 112 Å². The van der Waals surface area contributed by atoms with E-state index in [4.69, 9.17) is 0 Å². The van der Waals surface area contributed by atoms with Crippen LogP contribution >= 0.6 is 0 Å². The summed E-state index contributed by atoms with van der Waals surface area (Å²) in [7, 11) is -0.803. The summed E-state index contributed by atoms with van der Waals surface area (Å²) in [5.74, 6) is 1.34. The van der Waals surface area contributed by atoms with Crippen LogP contribution in [-0.2, 0) is 9.84 Å². The first-order valence-corrected chi connectivity index (χ1v) is 9.34. The molecule has 3 unspecified atom stereocenters. The SMILES string of the molecule is CNC(C1CCCC1)C1CCCC(S(C)(=O)=O)C1. The Morgan fingerprint density at radius 2 is 1.61 bits per heavy atom. The largest absolute Gasteiger partial charge is 0.316 e. The smallest absolute Gasteiger partial charge is 0.150 e. The highest BCUT2D eigenvalue weighted by molar-refractivity contribution is 7.91. The maximum Gasteiger partial charge on any atom is 0.150 e. The molecule has 0 radical (unpaired) electrons. The van der Waals surface area contributed by atoms with E-state index >= 15 is 0 Å². The summed E-state index contributed by atoms with van der Waals surface area (Å²) in [5, 5.41) is 3.40. The second-order valence-corrected chi connectivity index (χ2v) is 8.56. The van der Waals surface area contributed by atoms with E-state index in [1.165, 1.54) is 38.4 Å². The number of hydrogen-bond donors (Lipinski definition) is 1. The predicted molar refractivity (Wildman–Crippen MR) is 75.4 cm³/mol. The van der Waals surface area contributed by atoms with Gasteiger partial charge in [0.05, 0.1) is 5.25 Å². The number of sulfone groups is 1. The second kappa shape index (κ2) is 5.91. The Morgan fingerprint density at radius 1 is 1.00 bits per heavy atom. The van der Waals surface area contributed by atoms with Gasteiger partial charge in [-0.05, 0) is 51.0 Å². The fraction of sp³-hybridized carbons (Fsp3) is 1.00. The molecular weight excluding hydrogens is 246 g/mol. The molecule has 0 aromatic rings. The molecule has 4 heteroatoms. The van der Waals surface area contributed by atoms with E-state index in [-0.39, 0.29) is 5.25 Å². The van der Waals surface area contributed by atoms with Gasteiger partial charge in [-0.3, -0.25) is 0 Å². The fourth-order valence-corrected chi connectivity index (χ4v) is 5.26. The minimum absolute atomic E-state index is 0.0893. The van der Waals surface area contributed by atoms with Crippen LogP contribution in [-0.4, -0.2) is 33.0 Å². The summed E-state index contributed by atoms with van der Waals surface area (Å²) in [6.07, 6.45) is 10.8. The van der Waals surface area contributed by atoms with Gasteiger partial charge in [-0.15, -0.1) is 0 Å². The van der Waals surface area contributed by atoms with Crippen molar-refractivity contribution in [2.24, 2.45) is 11.8 Å². The summed E-state index contributed by atoms with van der Waals surface area (Å²) in [6, 6.07) is 0.539. The van der Waals surface area contributed by atoms with Gasteiger partial charge in [0.25, 0.3) is 0 Å². The van der Waals surface area contributed by atoms with Gasteiger partial charge >= 0.3 is 0 Å². The molecule has 0 saturated heterocycles. The topological polar surface area (TPSA) is 46.2 Å². The average Bonchev–Trinajstić information content (AvgIpc) is 2.83. The molecule has 2 fully saturated rings. The molecule has 0 aliphatic heterocycles. The van der Waals surface area contributed by atoms with Crippen LogP contribution in [0.4, 0.5) is 0 Å². The van der Waals surface area contributed by atoms with E-state index in [0.29, 0.717) is 12.0 Å². The van der Waals surface area contributed by atoms with E-state index in [1.807, 2.05) is 7.05 Å². The molecule has 0 bridgehead atoms. The molecule has 2 rings (SSSR count). The van der Waals surface area contributed by atoms with E-state index in [0.717, 1.165) is 25.2 Å². The summed E-state index contributed by atoms with van der Waals surface area (Å²) in [4.78, 5) is 0. The van der Waals surface area contributed by atoms with Crippen LogP contribution in [0.25, 0.3) is 0 Å². The fourth-order valence-electron chi connectivity index (χ4n) is 4.07. The summed E-state index contributed by atoms with van der Waals surface area (Å²) in [5.41, 5.74) is 0. The molecule has 1 N–H and O–H groups in total. The third-order valence-corrected chi connectivity index (χ3v) is 6.66. The zero-order valence-corrected chi connectivity index (χ0v) is 12.5. The number of hydrogen-bond acceptors (Lipinski definition) is 3. The van der Waals surface area contributed by atoms with E-state index in [1.54, 1.807) is 0 Å². The normalized spacial score (nSPS) is 32.6. The van der Waals surface area contributed by atoms with Crippen molar-refractivity contribution in [2.75, 3.05) is 13.3 Å². The third kappa shape index (κ3) is 3.27. The van der Waals surface area contributed by atoms with Gasteiger partial charge in [0, 0.05) is 12.3 Å². The van der Waals surface area contributed by atoms with Crippen molar-refractivity contribution in [3.05, 3.63) is 0 Å². The second-order valence-electron chi connectivity index (χ2n) is 6.24. The van der Waals surface area contributed by atoms with E-state index in [9.17, 15) is 8.42 Å². The van der Waals surface area contributed by atoms with Gasteiger partial charge in [-0.2, -0.15) is 0 Å². The predicted octanol–water partition coefficient (Wildman–Crippen LogP) is 2.37. The molecule has 106 valence electrons. The Balaban J connectivity index is 2.02. The summed E-state index contributed by atoms with van der Waals surface area (Å²) < 4.78 is 23.5. The van der Waals surface area contributed by atoms with Crippen LogP contribution in [0.1, 0.15) is 51.4 Å². The summed E-state index contributed by atoms with van der Waals surface area (Å²) in [6.45, 7) is 0. The van der Waals surface area contributed by atoms with Crippen LogP contribution in [0.15, 0.2) is 0 Å². The van der Waals surface area contributed by atoms with Crippen molar-refractivity contribution in [3.63, 3.8) is 0 Å². The average molecular weight is 273 g/mol. The maximum atomic E-state index is 11.7. The van der Waals surface area contributed by atoms with E-state index < -0.39 is 9.84 Å². The highest BCUT2D eigenvalue weighted by Crippen LogP contribution is 2.37. The van der Waals surface area contributed by atoms with Gasteiger partial charge in [-0.25, -0.2) is 8.42 Å². The van der Waals surface area contributed by atoms with Crippen molar-refractivity contribution in [2.45, 2.75) is 62.7 Å². The van der Waals surface area contributed by atoms with Gasteiger partial charge in [-0.1, -0.05) is 19.3 Å². The minimum Gasteiger partial charge on any atom is -0.316 e. The van der Waals surface area contributed by atoms with Crippen molar-refractivity contribution in [1.29, 1.82) is 0 Å². The van der Waals surface area contributed by atoms with Crippen LogP contribution in [0.3, 0.4) is 0 Å². The van der Waals surface area contributed by atoms with Crippen LogP contribution < -0.4 is 5.32 Å². The Bertz CT molecular complexity index is 360. The molecule has 0 aromatic heterocycles. The van der Waals surface area contributed by atoms with Crippen LogP contribution in [0.5, 0.6) is 0 Å². The van der Waals surface area contributed by atoms with Crippen molar-refractivity contribution in [1.82, 2.24) is 5.32 Å². The molecule has 3 atom stereocenters. The standard InChI is InChI=1S/C14H27NO2S/c1-15-14(11-6-3-4-7-11)12-8-5-9-13(10-12)18(2,16)17/h11-15H,3-10H2,1-2H3. The van der Waals surface area contributed by atoms with Crippen LogP contribution in [0, 0.1) is 11.8 Å². The Hall–Kier alpha value is -0.0900. The molecule has 2 saturated carbocycles. The third-order valence-electron chi connectivity index (χ3n) is 5.02. The van der Waals surface area contributed by atoms with Gasteiger partial charge in [0.2, 0.25) is 0 Å². The zero-order valence-electron chi connectivity index (χ0n) is 11.7. The Morgan fingerprint density at radius 3 is 2.17 bits per heavy atom. The molecule has 3 nitrogen and oxygen atoms in total. The molecule has 0 amide bonds. The zero-order chi connectivity index (χ0) is 13.2. The minimum atomic E-state index is -2.85. The van der Waals surface area contributed by atoms with Gasteiger partial charge in [0.1, 0.15) is 9.84 Å². The molecule has 18 heavy (non-hydrogen) atoms. The molecule has 0 aromatic carbocycles. The molecule has 0 heterocycles. The molecule has 2 aliphatic carbocycles. The van der Waals surface area contributed by atoms with Crippen molar-refractivity contribution in [3.8, 4) is 0 Å². The van der Waals surface area contributed by atoms with Gasteiger partial charge < -0.3 is 5.32 Å². The first kappa shape index (κ1) is 14.3. The monoisotopic (exact) mass is 273 g/mol. The van der Waals surface area contributed by atoms with Crippen molar-refractivity contribution >= 4 is 9.84 Å². The molecule has 2 aliphatic rings. The molecule has 0 spiro atoms.